The molecular weight excluding hydrogens is 588 g/mol. The Bertz CT molecular complexity index is 1510. The number of carbonyl (C=O) groups is 1. The molecule has 0 amide bonds. The molecule has 5 nitrogen and oxygen atoms in total. The SMILES string of the molecule is O=C(OF)c1ccc2c(c1)CCCC(c1ccc(OC(F)(F)F)cc1F)=C2C1=CC=C(O[C@H]2CCN(CCCF)C2)CC=C1. The van der Waals surface area contributed by atoms with Crippen LogP contribution in [0.3, 0.4) is 0 Å². The molecule has 1 saturated heterocycles. The van der Waals surface area contributed by atoms with Gasteiger partial charge in [-0.1, -0.05) is 24.3 Å². The predicted molar refractivity (Wildman–Crippen MR) is 152 cm³/mol. The minimum Gasteiger partial charge on any atom is -0.493 e. The van der Waals surface area contributed by atoms with E-state index in [-0.39, 0.29) is 23.9 Å². The predicted octanol–water partition coefficient (Wildman–Crippen LogP) is 8.23. The zero-order valence-electron chi connectivity index (χ0n) is 23.8. The molecule has 234 valence electrons. The number of carbonyl (C=O) groups excluding carboxylic acids is 1. The number of alkyl halides is 4. The number of benzene rings is 2. The number of fused-ring (bicyclic) bond motifs is 1. The summed E-state index contributed by atoms with van der Waals surface area (Å²) < 4.78 is 89.3. The van der Waals surface area contributed by atoms with Crippen molar-refractivity contribution in [2.45, 2.75) is 51.0 Å². The minimum atomic E-state index is -4.97. The first kappa shape index (κ1) is 31.4. The molecule has 2 aromatic carbocycles. The Balaban J connectivity index is 1.54. The second-order valence-corrected chi connectivity index (χ2v) is 10.9. The average molecular weight is 620 g/mol. The van der Waals surface area contributed by atoms with E-state index in [9.17, 15) is 26.9 Å². The highest BCUT2D eigenvalue weighted by Crippen LogP contribution is 2.42. The number of hydrogen-bond acceptors (Lipinski definition) is 5. The van der Waals surface area contributed by atoms with Crippen LogP contribution < -0.4 is 4.74 Å². The summed E-state index contributed by atoms with van der Waals surface area (Å²) in [7, 11) is 0. The fourth-order valence-electron chi connectivity index (χ4n) is 5.95. The molecule has 0 N–H and O–H groups in total. The van der Waals surface area contributed by atoms with E-state index in [0.29, 0.717) is 79.1 Å². The lowest BCUT2D eigenvalue weighted by molar-refractivity contribution is -0.274. The Morgan fingerprint density at radius 1 is 1.05 bits per heavy atom. The van der Waals surface area contributed by atoms with Gasteiger partial charge in [-0.05, 0) is 90.3 Å². The van der Waals surface area contributed by atoms with Gasteiger partial charge in [-0.15, -0.1) is 13.2 Å². The van der Waals surface area contributed by atoms with Gasteiger partial charge >= 0.3 is 12.3 Å². The largest absolute Gasteiger partial charge is 0.573 e. The van der Waals surface area contributed by atoms with Crippen molar-refractivity contribution < 1.29 is 45.7 Å². The zero-order chi connectivity index (χ0) is 31.3. The second kappa shape index (κ2) is 13.8. The standard InChI is InChI=1S/C33H31F6NO4/c34-15-3-16-40-17-14-26(20-40)42-24-6-1-4-21(8-10-24)31-27-12-9-23(32(41)44-39)18-22(27)5-2-7-29(31)28-13-11-25(19-30(28)35)43-33(36,37)38/h1,4,8-13,18-19,26H,2-3,5-7,14-17,20H2/t26-/m0/s1. The number of rotatable bonds is 9. The van der Waals surface area contributed by atoms with E-state index < -0.39 is 23.9 Å². The molecule has 5 rings (SSSR count). The molecular formula is C33H31F6NO4. The van der Waals surface area contributed by atoms with Gasteiger partial charge in [0.15, 0.2) is 0 Å². The van der Waals surface area contributed by atoms with Gasteiger partial charge in [-0.2, -0.15) is 0 Å². The molecule has 44 heavy (non-hydrogen) atoms. The summed E-state index contributed by atoms with van der Waals surface area (Å²) in [6.07, 6.45) is 5.68. The molecule has 1 aliphatic heterocycles. The second-order valence-electron chi connectivity index (χ2n) is 10.9. The van der Waals surface area contributed by atoms with E-state index in [0.717, 1.165) is 24.8 Å². The summed E-state index contributed by atoms with van der Waals surface area (Å²) in [4.78, 5) is 17.5. The minimum absolute atomic E-state index is 0.0203. The van der Waals surface area contributed by atoms with Crippen LogP contribution in [0.2, 0.25) is 0 Å². The van der Waals surface area contributed by atoms with Crippen LogP contribution in [-0.2, 0) is 16.1 Å². The van der Waals surface area contributed by atoms with E-state index >= 15 is 4.39 Å². The lowest BCUT2D eigenvalue weighted by Gasteiger charge is -2.18. The topological polar surface area (TPSA) is 48.0 Å². The van der Waals surface area contributed by atoms with Crippen LogP contribution in [0.15, 0.2) is 72.0 Å². The van der Waals surface area contributed by atoms with Crippen LogP contribution in [0.1, 0.15) is 59.2 Å². The van der Waals surface area contributed by atoms with E-state index in [2.05, 4.69) is 14.6 Å². The molecule has 1 atom stereocenters. The third-order valence-electron chi connectivity index (χ3n) is 7.86. The van der Waals surface area contributed by atoms with Crippen LogP contribution >= 0.6 is 0 Å². The number of ether oxygens (including phenoxy) is 2. The van der Waals surface area contributed by atoms with Gasteiger partial charge in [0.2, 0.25) is 0 Å². The monoisotopic (exact) mass is 619 g/mol. The maximum Gasteiger partial charge on any atom is 0.573 e. The van der Waals surface area contributed by atoms with Gasteiger partial charge in [0.25, 0.3) is 0 Å². The Hall–Kier alpha value is -3.99. The molecule has 0 bridgehead atoms. The van der Waals surface area contributed by atoms with Crippen LogP contribution in [-0.4, -0.2) is 49.6 Å². The molecule has 1 heterocycles. The van der Waals surface area contributed by atoms with E-state index in [1.807, 2.05) is 24.3 Å². The molecule has 0 spiro atoms. The summed E-state index contributed by atoms with van der Waals surface area (Å²) in [5, 5.41) is 0. The summed E-state index contributed by atoms with van der Waals surface area (Å²) in [5.74, 6) is -1.96. The Kier molecular flexibility index (Phi) is 9.83. The molecule has 11 heteroatoms. The van der Waals surface area contributed by atoms with Gasteiger partial charge in [0, 0.05) is 42.2 Å². The molecule has 1 fully saturated rings. The van der Waals surface area contributed by atoms with Crippen molar-refractivity contribution >= 4 is 17.1 Å². The van der Waals surface area contributed by atoms with Gasteiger partial charge in [-0.25, -0.2) is 14.1 Å². The average Bonchev–Trinajstić information content (AvgIpc) is 3.19. The number of halogens is 6. The highest BCUT2D eigenvalue weighted by Gasteiger charge is 2.32. The first-order chi connectivity index (χ1) is 21.1. The summed E-state index contributed by atoms with van der Waals surface area (Å²) in [6, 6.07) is 7.65. The van der Waals surface area contributed by atoms with Crippen LogP contribution in [0, 0.1) is 5.82 Å². The number of nitrogens with zero attached hydrogens (tertiary/aromatic N) is 1. The molecule has 0 radical (unpaired) electrons. The number of hydrogen-bond donors (Lipinski definition) is 0. The van der Waals surface area contributed by atoms with Gasteiger partial charge in [0.1, 0.15) is 23.4 Å². The smallest absolute Gasteiger partial charge is 0.493 e. The molecule has 3 aliphatic rings. The maximum atomic E-state index is 15.5. The Morgan fingerprint density at radius 3 is 2.61 bits per heavy atom. The molecule has 2 aromatic rings. The van der Waals surface area contributed by atoms with Crippen molar-refractivity contribution in [2.75, 3.05) is 26.3 Å². The van der Waals surface area contributed by atoms with Crippen molar-refractivity contribution in [3.8, 4) is 5.75 Å². The fraction of sp³-hybridized carbons (Fsp3) is 0.364. The van der Waals surface area contributed by atoms with Gasteiger partial charge < -0.3 is 9.47 Å². The van der Waals surface area contributed by atoms with Crippen LogP contribution in [0.25, 0.3) is 11.1 Å². The molecule has 0 unspecified atom stereocenters. The highest BCUT2D eigenvalue weighted by atomic mass is 19.4. The first-order valence-electron chi connectivity index (χ1n) is 14.4. The Labute approximate surface area is 251 Å². The lowest BCUT2D eigenvalue weighted by Crippen LogP contribution is -2.24. The van der Waals surface area contributed by atoms with Gasteiger partial charge in [-0.3, -0.25) is 9.29 Å². The van der Waals surface area contributed by atoms with Gasteiger partial charge in [0.05, 0.1) is 12.2 Å². The third kappa shape index (κ3) is 7.56. The van der Waals surface area contributed by atoms with E-state index in [4.69, 9.17) is 4.74 Å². The van der Waals surface area contributed by atoms with Crippen molar-refractivity contribution in [1.29, 1.82) is 0 Å². The number of allylic oxidation sites excluding steroid dienone is 7. The molecule has 0 saturated carbocycles. The number of aryl methyl sites for hydroxylation is 1. The Morgan fingerprint density at radius 2 is 1.86 bits per heavy atom. The maximum absolute atomic E-state index is 15.5. The summed E-state index contributed by atoms with van der Waals surface area (Å²) >= 11 is 0. The number of likely N-dealkylation sites (tertiary alicyclic amines) is 1. The molecule has 2 aliphatic carbocycles. The highest BCUT2D eigenvalue weighted by molar-refractivity contribution is 6.02. The van der Waals surface area contributed by atoms with Crippen molar-refractivity contribution in [2.24, 2.45) is 0 Å². The van der Waals surface area contributed by atoms with Crippen LogP contribution in [0.4, 0.5) is 26.5 Å². The van der Waals surface area contributed by atoms with E-state index in [1.165, 1.54) is 18.2 Å². The fourth-order valence-corrected chi connectivity index (χ4v) is 5.95. The zero-order valence-corrected chi connectivity index (χ0v) is 23.8. The normalized spacial score (nSPS) is 19.1. The lowest BCUT2D eigenvalue weighted by atomic mass is 9.86. The van der Waals surface area contributed by atoms with E-state index in [1.54, 1.807) is 6.07 Å². The first-order valence-corrected chi connectivity index (χ1v) is 14.4. The van der Waals surface area contributed by atoms with Crippen molar-refractivity contribution in [3.05, 3.63) is 100 Å². The summed E-state index contributed by atoms with van der Waals surface area (Å²) in [5.41, 5.74) is 3.43. The van der Waals surface area contributed by atoms with Crippen LogP contribution in [0.5, 0.6) is 5.75 Å². The van der Waals surface area contributed by atoms with Crippen molar-refractivity contribution in [3.63, 3.8) is 0 Å². The quantitative estimate of drug-likeness (QED) is 0.265. The van der Waals surface area contributed by atoms with Crippen molar-refractivity contribution in [1.82, 2.24) is 4.90 Å². The summed E-state index contributed by atoms with van der Waals surface area (Å²) in [6.45, 7) is 1.86. The molecule has 0 aromatic heterocycles. The third-order valence-corrected chi connectivity index (χ3v) is 7.86.